The predicted octanol–water partition coefficient (Wildman–Crippen LogP) is 5.52. The smallest absolute Gasteiger partial charge is 0.319 e. The molecule has 0 saturated carbocycles. The van der Waals surface area contributed by atoms with E-state index in [0.717, 1.165) is 35.3 Å². The third-order valence-electron chi connectivity index (χ3n) is 7.78. The quantitative estimate of drug-likeness (QED) is 0.187. The fourth-order valence-corrected chi connectivity index (χ4v) is 7.69. The molecule has 8 heteroatoms. The number of methoxy groups -OCH3 is 2. The maximum Gasteiger partial charge on any atom is 0.319 e. The van der Waals surface area contributed by atoms with Gasteiger partial charge in [0.25, 0.3) is 0 Å². The summed E-state index contributed by atoms with van der Waals surface area (Å²) in [5, 5.41) is 12.6. The van der Waals surface area contributed by atoms with Gasteiger partial charge < -0.3 is 24.8 Å². The predicted molar refractivity (Wildman–Crippen MR) is 153 cm³/mol. The number of carboxylic acids is 1. The Morgan fingerprint density at radius 3 is 2.26 bits per heavy atom. The molecule has 2 N–H and O–H groups in total. The number of nitrogens with one attached hydrogen (secondary N) is 1. The molecule has 0 bridgehead atoms. The molecule has 2 aliphatic rings. The normalized spacial score (nSPS) is 20.4. The fourth-order valence-electron chi connectivity index (χ4n) is 6.11. The minimum Gasteiger partial charge on any atom is -0.497 e. The zero-order valence-electron chi connectivity index (χ0n) is 22.2. The fraction of sp³-hybridized carbons (Fsp3) is 0.355. The number of carbonyl (C=O) groups is 2. The molecule has 2 amide bonds. The van der Waals surface area contributed by atoms with Crippen LogP contribution in [0.4, 0.5) is 4.79 Å². The highest BCUT2D eigenvalue weighted by Crippen LogP contribution is 2.52. The number of amides is 2. The second-order valence-corrected chi connectivity index (χ2v) is 11.2. The van der Waals surface area contributed by atoms with Crippen LogP contribution in [0.2, 0.25) is 0 Å². The second kappa shape index (κ2) is 11.6. The van der Waals surface area contributed by atoms with Crippen molar-refractivity contribution in [2.75, 3.05) is 20.0 Å². The van der Waals surface area contributed by atoms with Crippen molar-refractivity contribution in [2.24, 2.45) is 0 Å². The molecule has 0 spiro atoms. The van der Waals surface area contributed by atoms with Gasteiger partial charge in [-0.2, -0.15) is 11.8 Å². The Hall–Kier alpha value is -3.65. The Bertz CT molecular complexity index is 1260. The molecule has 0 aromatic heterocycles. The topological polar surface area (TPSA) is 88.1 Å². The minimum absolute atomic E-state index is 0.0111. The number of thioether (sulfide) groups is 1. The molecule has 3 aromatic rings. The van der Waals surface area contributed by atoms with Gasteiger partial charge in [-0.15, -0.1) is 0 Å². The van der Waals surface area contributed by atoms with Crippen molar-refractivity contribution in [1.82, 2.24) is 10.2 Å². The third-order valence-corrected chi connectivity index (χ3v) is 9.28. The van der Waals surface area contributed by atoms with Gasteiger partial charge in [-0.1, -0.05) is 67.1 Å². The molecule has 204 valence electrons. The summed E-state index contributed by atoms with van der Waals surface area (Å²) in [6, 6.07) is 25.8. The molecular weight excluding hydrogens is 512 g/mol. The monoisotopic (exact) mass is 546 g/mol. The molecule has 5 rings (SSSR count). The van der Waals surface area contributed by atoms with Gasteiger partial charge in [-0.3, -0.25) is 4.79 Å². The minimum atomic E-state index is -0.992. The summed E-state index contributed by atoms with van der Waals surface area (Å²) in [6.07, 6.45) is 2.42. The van der Waals surface area contributed by atoms with Crippen LogP contribution < -0.4 is 14.8 Å². The van der Waals surface area contributed by atoms with Gasteiger partial charge in [0.05, 0.1) is 26.3 Å². The van der Waals surface area contributed by atoms with Gasteiger partial charge in [0.15, 0.2) is 0 Å². The lowest BCUT2D eigenvalue weighted by atomic mass is 9.74. The SMILES string of the molecule is COc1ccc(C(c2ccccc2)(c2ccccc2)N2C(=O)N[C@@H]3CS[C@H](CCCCC(=O)O)[C@@H]32)c(OC)c1. The Balaban J connectivity index is 1.72. The molecular formula is C31H34N2O5S. The Morgan fingerprint density at radius 2 is 1.67 bits per heavy atom. The van der Waals surface area contributed by atoms with Gasteiger partial charge in [0.1, 0.15) is 17.0 Å². The molecule has 2 saturated heterocycles. The van der Waals surface area contributed by atoms with E-state index in [1.165, 1.54) is 0 Å². The number of hydrogen-bond donors (Lipinski definition) is 2. The lowest BCUT2D eigenvalue weighted by molar-refractivity contribution is -0.137. The molecule has 2 heterocycles. The number of fused-ring (bicyclic) bond motifs is 1. The van der Waals surface area contributed by atoms with E-state index < -0.39 is 11.5 Å². The Labute approximate surface area is 233 Å². The summed E-state index contributed by atoms with van der Waals surface area (Å²) >= 11 is 1.86. The second-order valence-electron chi connectivity index (χ2n) is 9.94. The van der Waals surface area contributed by atoms with E-state index in [1.54, 1.807) is 14.2 Å². The van der Waals surface area contributed by atoms with Crippen molar-refractivity contribution in [2.45, 2.75) is 48.6 Å². The van der Waals surface area contributed by atoms with Crippen LogP contribution in [-0.4, -0.2) is 59.3 Å². The van der Waals surface area contributed by atoms with Crippen molar-refractivity contribution in [3.63, 3.8) is 0 Å². The first-order valence-electron chi connectivity index (χ1n) is 13.3. The van der Waals surface area contributed by atoms with Gasteiger partial charge in [-0.05, 0) is 36.1 Å². The molecule has 3 atom stereocenters. The van der Waals surface area contributed by atoms with E-state index in [4.69, 9.17) is 14.6 Å². The Morgan fingerprint density at radius 1 is 1.00 bits per heavy atom. The number of ether oxygens (including phenoxy) is 2. The molecule has 0 unspecified atom stereocenters. The van der Waals surface area contributed by atoms with Crippen LogP contribution in [0.15, 0.2) is 78.9 Å². The molecule has 0 aliphatic carbocycles. The maximum absolute atomic E-state index is 14.1. The summed E-state index contributed by atoms with van der Waals surface area (Å²) in [7, 11) is 3.27. The number of hydrogen-bond acceptors (Lipinski definition) is 5. The largest absolute Gasteiger partial charge is 0.497 e. The van der Waals surface area contributed by atoms with Crippen molar-refractivity contribution in [1.29, 1.82) is 0 Å². The number of carboxylic acid groups (broad SMARTS) is 1. The zero-order valence-corrected chi connectivity index (χ0v) is 23.0. The maximum atomic E-state index is 14.1. The van der Waals surface area contributed by atoms with Crippen LogP contribution in [0.25, 0.3) is 0 Å². The van der Waals surface area contributed by atoms with E-state index in [2.05, 4.69) is 29.6 Å². The first kappa shape index (κ1) is 26.9. The number of rotatable bonds is 11. The summed E-state index contributed by atoms with van der Waals surface area (Å²) < 4.78 is 11.5. The summed E-state index contributed by atoms with van der Waals surface area (Å²) in [4.78, 5) is 27.2. The highest BCUT2D eigenvalue weighted by Gasteiger charge is 2.58. The van der Waals surface area contributed by atoms with Crippen LogP contribution in [0.3, 0.4) is 0 Å². The van der Waals surface area contributed by atoms with Gasteiger partial charge >= 0.3 is 12.0 Å². The standard InChI is InChI=1S/C31H34N2O5S/c1-37-23-17-18-24(26(19-23)38-2)31(21-11-5-3-6-12-21,22-13-7-4-8-14-22)33-29-25(32-30(33)36)20-39-27(29)15-9-10-16-28(34)35/h3-8,11-14,17-19,25,27,29H,9-10,15-16,20H2,1-2H3,(H,32,36)(H,34,35)/t25-,27-,29-/m1/s1. The van der Waals surface area contributed by atoms with Gasteiger partial charge in [0, 0.05) is 29.1 Å². The molecule has 39 heavy (non-hydrogen) atoms. The Kier molecular flexibility index (Phi) is 8.02. The molecule has 2 fully saturated rings. The van der Waals surface area contributed by atoms with Gasteiger partial charge in [-0.25, -0.2) is 4.79 Å². The van der Waals surface area contributed by atoms with E-state index in [1.807, 2.05) is 71.3 Å². The van der Waals surface area contributed by atoms with Crippen LogP contribution in [0.1, 0.15) is 42.4 Å². The summed E-state index contributed by atoms with van der Waals surface area (Å²) in [5.41, 5.74) is 1.77. The van der Waals surface area contributed by atoms with Crippen LogP contribution >= 0.6 is 11.8 Å². The van der Waals surface area contributed by atoms with Crippen LogP contribution in [0, 0.1) is 0 Å². The average Bonchev–Trinajstić information content (AvgIpc) is 3.51. The molecule has 7 nitrogen and oxygen atoms in total. The van der Waals surface area contributed by atoms with Crippen molar-refractivity contribution in [3.8, 4) is 11.5 Å². The molecule has 2 aliphatic heterocycles. The number of urea groups is 1. The van der Waals surface area contributed by atoms with Crippen molar-refractivity contribution < 1.29 is 24.2 Å². The van der Waals surface area contributed by atoms with Crippen LogP contribution in [0.5, 0.6) is 11.5 Å². The van der Waals surface area contributed by atoms with Crippen molar-refractivity contribution >= 4 is 23.8 Å². The highest BCUT2D eigenvalue weighted by atomic mass is 32.2. The lowest BCUT2D eigenvalue weighted by Gasteiger charge is -2.47. The number of benzene rings is 3. The number of aliphatic carboxylic acids is 1. The summed E-state index contributed by atoms with van der Waals surface area (Å²) in [5.74, 6) is 1.34. The third kappa shape index (κ3) is 4.93. The zero-order chi connectivity index (χ0) is 27.4. The van der Waals surface area contributed by atoms with Crippen molar-refractivity contribution in [3.05, 3.63) is 95.6 Å². The van der Waals surface area contributed by atoms with E-state index >= 15 is 0 Å². The number of carbonyl (C=O) groups excluding carboxylic acids is 1. The molecule has 0 radical (unpaired) electrons. The van der Waals surface area contributed by atoms with E-state index in [9.17, 15) is 9.59 Å². The van der Waals surface area contributed by atoms with E-state index in [-0.39, 0.29) is 29.8 Å². The number of nitrogens with zero attached hydrogens (tertiary/aromatic N) is 1. The van der Waals surface area contributed by atoms with Crippen LogP contribution in [-0.2, 0) is 10.3 Å². The molecule has 3 aromatic carbocycles. The van der Waals surface area contributed by atoms with Gasteiger partial charge in [0.2, 0.25) is 0 Å². The first-order valence-corrected chi connectivity index (χ1v) is 14.3. The lowest BCUT2D eigenvalue weighted by Crippen LogP contribution is -2.55. The van der Waals surface area contributed by atoms with E-state index in [0.29, 0.717) is 17.9 Å². The average molecular weight is 547 g/mol. The first-order chi connectivity index (χ1) is 19.0. The highest BCUT2D eigenvalue weighted by molar-refractivity contribution is 8.00. The summed E-state index contributed by atoms with van der Waals surface area (Å²) in [6.45, 7) is 0. The number of unbranched alkanes of at least 4 members (excludes halogenated alkanes) is 1.